The minimum absolute atomic E-state index is 0.0864. The van der Waals surface area contributed by atoms with Gasteiger partial charge in [-0.05, 0) is 24.1 Å². The summed E-state index contributed by atoms with van der Waals surface area (Å²) in [6, 6.07) is 6.71. The SMILES string of the molecule is CCC(N)c1cccc(S(C)(=O)=O)c1. The summed E-state index contributed by atoms with van der Waals surface area (Å²) in [5, 5.41) is 0. The van der Waals surface area contributed by atoms with Crippen molar-refractivity contribution in [2.75, 3.05) is 6.26 Å². The van der Waals surface area contributed by atoms with E-state index in [2.05, 4.69) is 0 Å². The number of hydrogen-bond acceptors (Lipinski definition) is 3. The van der Waals surface area contributed by atoms with Crippen molar-refractivity contribution in [1.29, 1.82) is 0 Å². The van der Waals surface area contributed by atoms with Crippen LogP contribution in [0, 0.1) is 0 Å². The van der Waals surface area contributed by atoms with Crippen molar-refractivity contribution in [3.05, 3.63) is 29.8 Å². The molecule has 2 N–H and O–H groups in total. The predicted molar refractivity (Wildman–Crippen MR) is 56.8 cm³/mol. The van der Waals surface area contributed by atoms with Crippen LogP contribution in [0.1, 0.15) is 24.9 Å². The normalized spacial score (nSPS) is 13.9. The van der Waals surface area contributed by atoms with E-state index in [1.807, 2.05) is 13.0 Å². The first-order valence-electron chi connectivity index (χ1n) is 4.50. The largest absolute Gasteiger partial charge is 0.324 e. The summed E-state index contributed by atoms with van der Waals surface area (Å²) in [4.78, 5) is 0.332. The second-order valence-corrected chi connectivity index (χ2v) is 5.38. The molecule has 0 aliphatic heterocycles. The minimum Gasteiger partial charge on any atom is -0.324 e. The van der Waals surface area contributed by atoms with Gasteiger partial charge < -0.3 is 5.73 Å². The van der Waals surface area contributed by atoms with Crippen LogP contribution >= 0.6 is 0 Å². The molecule has 4 heteroatoms. The summed E-state index contributed by atoms with van der Waals surface area (Å²) in [6.07, 6.45) is 2.00. The number of benzene rings is 1. The molecule has 0 bridgehead atoms. The molecule has 78 valence electrons. The lowest BCUT2D eigenvalue weighted by Gasteiger charge is -2.09. The Kier molecular flexibility index (Phi) is 3.29. The monoisotopic (exact) mass is 213 g/mol. The zero-order chi connectivity index (χ0) is 10.8. The van der Waals surface area contributed by atoms with E-state index >= 15 is 0 Å². The second kappa shape index (κ2) is 4.11. The summed E-state index contributed by atoms with van der Waals surface area (Å²) in [5.74, 6) is 0. The summed E-state index contributed by atoms with van der Waals surface area (Å²) in [5.41, 5.74) is 6.68. The number of hydrogen-bond donors (Lipinski definition) is 1. The van der Waals surface area contributed by atoms with Gasteiger partial charge in [-0.15, -0.1) is 0 Å². The maximum Gasteiger partial charge on any atom is 0.175 e. The van der Waals surface area contributed by atoms with E-state index in [1.165, 1.54) is 6.26 Å². The highest BCUT2D eigenvalue weighted by molar-refractivity contribution is 7.90. The topological polar surface area (TPSA) is 60.2 Å². The smallest absolute Gasteiger partial charge is 0.175 e. The predicted octanol–water partition coefficient (Wildman–Crippen LogP) is 1.50. The first-order chi connectivity index (χ1) is 6.45. The van der Waals surface area contributed by atoms with E-state index < -0.39 is 9.84 Å². The van der Waals surface area contributed by atoms with Crippen molar-refractivity contribution in [1.82, 2.24) is 0 Å². The van der Waals surface area contributed by atoms with Gasteiger partial charge in [0.2, 0.25) is 0 Å². The van der Waals surface area contributed by atoms with Gasteiger partial charge in [0.15, 0.2) is 9.84 Å². The van der Waals surface area contributed by atoms with Crippen LogP contribution in [0.25, 0.3) is 0 Å². The zero-order valence-corrected chi connectivity index (χ0v) is 9.21. The van der Waals surface area contributed by atoms with Gasteiger partial charge in [-0.3, -0.25) is 0 Å². The number of nitrogens with two attached hydrogens (primary N) is 1. The summed E-state index contributed by atoms with van der Waals surface area (Å²) in [7, 11) is -3.12. The Hall–Kier alpha value is -0.870. The molecule has 0 aromatic heterocycles. The molecule has 0 saturated heterocycles. The Morgan fingerprint density at radius 3 is 2.57 bits per heavy atom. The third-order valence-electron chi connectivity index (χ3n) is 2.15. The second-order valence-electron chi connectivity index (χ2n) is 3.36. The zero-order valence-electron chi connectivity index (χ0n) is 8.40. The molecule has 0 radical (unpaired) electrons. The summed E-state index contributed by atoms with van der Waals surface area (Å²) >= 11 is 0. The lowest BCUT2D eigenvalue weighted by molar-refractivity contribution is 0.601. The van der Waals surface area contributed by atoms with Crippen molar-refractivity contribution < 1.29 is 8.42 Å². The molecule has 1 atom stereocenters. The van der Waals surface area contributed by atoms with Crippen molar-refractivity contribution in [3.63, 3.8) is 0 Å². The van der Waals surface area contributed by atoms with Crippen LogP contribution < -0.4 is 5.73 Å². The molecule has 0 heterocycles. The molecule has 0 spiro atoms. The van der Waals surface area contributed by atoms with Crippen LogP contribution in [0.15, 0.2) is 29.2 Å². The quantitative estimate of drug-likeness (QED) is 0.827. The molecular formula is C10H15NO2S. The van der Waals surface area contributed by atoms with Crippen LogP contribution in [-0.4, -0.2) is 14.7 Å². The van der Waals surface area contributed by atoms with Crippen molar-refractivity contribution in [2.45, 2.75) is 24.3 Å². The highest BCUT2D eigenvalue weighted by Crippen LogP contribution is 2.17. The van der Waals surface area contributed by atoms with Crippen LogP contribution in [0.5, 0.6) is 0 Å². The third-order valence-corrected chi connectivity index (χ3v) is 3.26. The Balaban J connectivity index is 3.14. The Labute approximate surface area is 84.9 Å². The molecule has 14 heavy (non-hydrogen) atoms. The average molecular weight is 213 g/mol. The van der Waals surface area contributed by atoms with Gasteiger partial charge in [0.25, 0.3) is 0 Å². The maximum atomic E-state index is 11.3. The standard InChI is InChI=1S/C10H15NO2S/c1-3-10(11)8-5-4-6-9(7-8)14(2,12)13/h4-7,10H,3,11H2,1-2H3. The van der Waals surface area contributed by atoms with Crippen molar-refractivity contribution in [3.8, 4) is 0 Å². The molecule has 0 saturated carbocycles. The molecule has 1 unspecified atom stereocenters. The third kappa shape index (κ3) is 2.56. The molecular weight excluding hydrogens is 198 g/mol. The number of sulfone groups is 1. The fourth-order valence-corrected chi connectivity index (χ4v) is 1.89. The highest BCUT2D eigenvalue weighted by Gasteiger charge is 2.09. The lowest BCUT2D eigenvalue weighted by Crippen LogP contribution is -2.09. The Morgan fingerprint density at radius 1 is 1.43 bits per heavy atom. The number of rotatable bonds is 3. The van der Waals surface area contributed by atoms with Crippen LogP contribution in [0.3, 0.4) is 0 Å². The molecule has 0 aliphatic rings. The van der Waals surface area contributed by atoms with Gasteiger partial charge in [0.1, 0.15) is 0 Å². The van der Waals surface area contributed by atoms with E-state index in [4.69, 9.17) is 5.73 Å². The first-order valence-corrected chi connectivity index (χ1v) is 6.40. The first kappa shape index (κ1) is 11.2. The molecule has 0 amide bonds. The van der Waals surface area contributed by atoms with E-state index in [9.17, 15) is 8.42 Å². The molecule has 1 aromatic carbocycles. The fourth-order valence-electron chi connectivity index (χ4n) is 1.21. The fraction of sp³-hybridized carbons (Fsp3) is 0.400. The van der Waals surface area contributed by atoms with Crippen molar-refractivity contribution in [2.24, 2.45) is 5.73 Å². The average Bonchev–Trinajstić information content (AvgIpc) is 2.15. The van der Waals surface area contributed by atoms with Gasteiger partial charge >= 0.3 is 0 Å². The summed E-state index contributed by atoms with van der Waals surface area (Å²) in [6.45, 7) is 1.97. The Morgan fingerprint density at radius 2 is 2.07 bits per heavy atom. The van der Waals surface area contributed by atoms with E-state index in [-0.39, 0.29) is 6.04 Å². The van der Waals surface area contributed by atoms with E-state index in [0.29, 0.717) is 4.90 Å². The molecule has 0 aliphatic carbocycles. The van der Waals surface area contributed by atoms with Crippen LogP contribution in [-0.2, 0) is 9.84 Å². The minimum atomic E-state index is -3.12. The summed E-state index contributed by atoms with van der Waals surface area (Å²) < 4.78 is 22.5. The van der Waals surface area contributed by atoms with E-state index in [0.717, 1.165) is 12.0 Å². The van der Waals surface area contributed by atoms with Crippen LogP contribution in [0.2, 0.25) is 0 Å². The highest BCUT2D eigenvalue weighted by atomic mass is 32.2. The molecule has 1 rings (SSSR count). The van der Waals surface area contributed by atoms with E-state index in [1.54, 1.807) is 18.2 Å². The van der Waals surface area contributed by atoms with Gasteiger partial charge in [0, 0.05) is 12.3 Å². The molecule has 1 aromatic rings. The maximum absolute atomic E-state index is 11.3. The lowest BCUT2D eigenvalue weighted by atomic mass is 10.1. The van der Waals surface area contributed by atoms with Gasteiger partial charge in [0.05, 0.1) is 4.90 Å². The Bertz CT molecular complexity index is 412. The molecule has 3 nitrogen and oxygen atoms in total. The molecule has 0 fully saturated rings. The van der Waals surface area contributed by atoms with Gasteiger partial charge in [-0.1, -0.05) is 19.1 Å². The van der Waals surface area contributed by atoms with Crippen LogP contribution in [0.4, 0.5) is 0 Å². The van der Waals surface area contributed by atoms with Crippen molar-refractivity contribution >= 4 is 9.84 Å². The van der Waals surface area contributed by atoms with Gasteiger partial charge in [-0.2, -0.15) is 0 Å². The van der Waals surface area contributed by atoms with Gasteiger partial charge in [-0.25, -0.2) is 8.42 Å².